The fraction of sp³-hybridized carbons (Fsp3) is 0.750. The molecular weight excluding hydrogens is 520 g/mol. The van der Waals surface area contributed by atoms with Gasteiger partial charge in [0, 0.05) is 10.6 Å². The van der Waals surface area contributed by atoms with Crippen LogP contribution in [0.5, 0.6) is 0 Å². The van der Waals surface area contributed by atoms with Crippen LogP contribution in [0.1, 0.15) is 0 Å². The fourth-order valence-corrected chi connectivity index (χ4v) is 2.89. The molecule has 32 heavy (non-hydrogen) atoms. The van der Waals surface area contributed by atoms with Crippen LogP contribution in [0.15, 0.2) is 12.7 Å². The second kappa shape index (κ2) is 8.17. The summed E-state index contributed by atoms with van der Waals surface area (Å²) in [5, 5.41) is -7.71. The number of rotatable bonds is 10. The van der Waals surface area contributed by atoms with E-state index >= 15 is 0 Å². The van der Waals surface area contributed by atoms with Gasteiger partial charge in [-0.1, -0.05) is 6.58 Å². The molecule has 0 bridgehead atoms. The maximum Gasteiger partial charge on any atom is 0.467 e. The highest BCUT2D eigenvalue weighted by atomic mass is 32.2. The van der Waals surface area contributed by atoms with Gasteiger partial charge in [0.05, 0.1) is 0 Å². The van der Waals surface area contributed by atoms with Crippen molar-refractivity contribution in [3.05, 3.63) is 12.7 Å². The van der Waals surface area contributed by atoms with E-state index in [1.54, 1.807) is 0 Å². The number of sulfonamides is 1. The van der Waals surface area contributed by atoms with Crippen LogP contribution in [0, 0.1) is 0 Å². The molecule has 0 rings (SSSR count). The van der Waals surface area contributed by atoms with E-state index in [0.717, 1.165) is 0 Å². The Hall–Kier alpha value is -1.86. The molecule has 0 aliphatic carbocycles. The fourth-order valence-electron chi connectivity index (χ4n) is 1.64. The molecule has 190 valence electrons. The smallest absolute Gasteiger partial charge is 0.456 e. The molecule has 0 radical (unpaired) electrons. The van der Waals surface area contributed by atoms with E-state index in [9.17, 15) is 74.8 Å². The average Bonchev–Trinajstić information content (AvgIpc) is 2.59. The standard InChI is InChI=1S/C12H10F14NO4S/c1-3-6(28)31-5-4-27(2,26)32(29,30)12(24,25)10(19,20)8(15,16)7(13,14)9(17,18)11(21,22)23/h3H,1,4-5H2,2H3/q+1. The maximum absolute atomic E-state index is 14.1. The summed E-state index contributed by atoms with van der Waals surface area (Å²) in [4.78, 5) is 10.7. The van der Waals surface area contributed by atoms with Crippen molar-refractivity contribution in [2.45, 2.75) is 35.1 Å². The van der Waals surface area contributed by atoms with Crippen LogP contribution >= 0.6 is 0 Å². The SMILES string of the molecule is C=CC(=O)OCC[N+](C)(F)S(=O)(=O)C(F)(F)C(F)(F)C(F)(F)C(F)(F)C(F)(F)C(F)(F)F. The number of hydrogen-bond acceptors (Lipinski definition) is 4. The van der Waals surface area contributed by atoms with Gasteiger partial charge in [0.1, 0.15) is 13.7 Å². The largest absolute Gasteiger partial charge is 0.467 e. The Balaban J connectivity index is 6.48. The normalized spacial score (nSPS) is 17.0. The van der Waals surface area contributed by atoms with Crippen LogP contribution in [0.25, 0.3) is 0 Å². The maximum atomic E-state index is 14.1. The quantitative estimate of drug-likeness (QED) is 0.185. The number of likely N-dealkylation sites (N-methyl/N-ethyl adjacent to an activating group) is 1. The van der Waals surface area contributed by atoms with Crippen LogP contribution in [0.3, 0.4) is 0 Å². The first-order chi connectivity index (χ1) is 13.7. The molecule has 0 amide bonds. The molecular formula is C12H10F14NO4S+. The van der Waals surface area contributed by atoms with Gasteiger partial charge < -0.3 is 4.74 Å². The Labute approximate surface area is 168 Å². The van der Waals surface area contributed by atoms with Crippen molar-refractivity contribution in [1.82, 2.24) is 0 Å². The number of hydrogen-bond donors (Lipinski definition) is 0. The van der Waals surface area contributed by atoms with Gasteiger partial charge in [-0.15, -0.1) is 0 Å². The molecule has 1 unspecified atom stereocenters. The molecule has 0 aromatic carbocycles. The lowest BCUT2D eigenvalue weighted by atomic mass is 9.98. The third-order valence-electron chi connectivity index (χ3n) is 3.63. The van der Waals surface area contributed by atoms with Crippen LogP contribution in [0.4, 0.5) is 61.6 Å². The summed E-state index contributed by atoms with van der Waals surface area (Å²) < 4.78 is 206. The Bertz CT molecular complexity index is 833. The van der Waals surface area contributed by atoms with Crippen molar-refractivity contribution in [3.63, 3.8) is 0 Å². The molecule has 1 atom stereocenters. The van der Waals surface area contributed by atoms with E-state index in [1.165, 1.54) is 0 Å². The van der Waals surface area contributed by atoms with Crippen molar-refractivity contribution in [1.29, 1.82) is 0 Å². The van der Waals surface area contributed by atoms with Crippen molar-refractivity contribution in [2.24, 2.45) is 0 Å². The number of carbonyl (C=O) groups excluding carboxylic acids is 1. The van der Waals surface area contributed by atoms with E-state index in [-0.39, 0.29) is 0 Å². The molecule has 20 heteroatoms. The number of quaternary nitrogens is 1. The Morgan fingerprint density at radius 2 is 1.22 bits per heavy atom. The highest BCUT2D eigenvalue weighted by Gasteiger charge is 2.94. The highest BCUT2D eigenvalue weighted by molar-refractivity contribution is 7.87. The van der Waals surface area contributed by atoms with Crippen LogP contribution in [-0.2, 0) is 19.6 Å². The Morgan fingerprint density at radius 3 is 1.56 bits per heavy atom. The molecule has 0 saturated carbocycles. The van der Waals surface area contributed by atoms with Gasteiger partial charge in [-0.3, -0.25) is 0 Å². The summed E-state index contributed by atoms with van der Waals surface area (Å²) in [6.45, 7) is -0.843. The molecule has 0 aromatic heterocycles. The van der Waals surface area contributed by atoms with E-state index in [1.807, 2.05) is 0 Å². The summed E-state index contributed by atoms with van der Waals surface area (Å²) in [5.74, 6) is -34.5. The summed E-state index contributed by atoms with van der Waals surface area (Å²) in [7, 11) is -8.36. The lowest BCUT2D eigenvalue weighted by Gasteiger charge is -2.39. The number of ether oxygens (including phenoxy) is 1. The van der Waals surface area contributed by atoms with Crippen molar-refractivity contribution >= 4 is 16.0 Å². The minimum absolute atomic E-state index is 0.350. The molecule has 5 nitrogen and oxygen atoms in total. The number of esters is 1. The molecule has 0 aliphatic heterocycles. The minimum Gasteiger partial charge on any atom is -0.456 e. The molecule has 0 aromatic rings. The number of alkyl halides is 13. The van der Waals surface area contributed by atoms with Crippen LogP contribution in [-0.4, -0.2) is 73.8 Å². The molecule has 0 N–H and O–H groups in total. The van der Waals surface area contributed by atoms with E-state index in [2.05, 4.69) is 11.3 Å². The Morgan fingerprint density at radius 1 is 0.844 bits per heavy atom. The number of nitrogens with zero attached hydrogens (tertiary/aromatic N) is 1. The first-order valence-electron chi connectivity index (χ1n) is 7.25. The summed E-state index contributed by atoms with van der Waals surface area (Å²) in [5.41, 5.74) is 0. The van der Waals surface area contributed by atoms with Gasteiger partial charge in [-0.2, -0.15) is 65.5 Å². The van der Waals surface area contributed by atoms with Gasteiger partial charge >= 0.3 is 51.1 Å². The lowest BCUT2D eigenvalue weighted by molar-refractivity contribution is -0.934. The average molecular weight is 530 g/mol. The summed E-state index contributed by atoms with van der Waals surface area (Å²) >= 11 is 0. The van der Waals surface area contributed by atoms with Gasteiger partial charge in [0.15, 0.2) is 6.54 Å². The van der Waals surface area contributed by atoms with Gasteiger partial charge in [-0.25, -0.2) is 4.79 Å². The highest BCUT2D eigenvalue weighted by Crippen LogP contribution is 2.61. The minimum atomic E-state index is -8.41. The Kier molecular flexibility index (Phi) is 7.70. The zero-order valence-corrected chi connectivity index (χ0v) is 15.8. The number of halogens is 14. The predicted molar refractivity (Wildman–Crippen MR) is 73.0 cm³/mol. The van der Waals surface area contributed by atoms with E-state index in [0.29, 0.717) is 6.08 Å². The van der Waals surface area contributed by atoms with E-state index < -0.39 is 75.4 Å². The van der Waals surface area contributed by atoms with E-state index in [4.69, 9.17) is 0 Å². The van der Waals surface area contributed by atoms with Crippen molar-refractivity contribution in [2.75, 3.05) is 20.2 Å². The third kappa shape index (κ3) is 4.21. The predicted octanol–water partition coefficient (Wildman–Crippen LogP) is 4.07. The van der Waals surface area contributed by atoms with Gasteiger partial charge in [0.2, 0.25) is 0 Å². The van der Waals surface area contributed by atoms with Crippen molar-refractivity contribution < 1.29 is 83.6 Å². The number of carbonyl (C=O) groups is 1. The zero-order chi connectivity index (χ0) is 26.4. The monoisotopic (exact) mass is 530 g/mol. The van der Waals surface area contributed by atoms with Crippen LogP contribution < -0.4 is 0 Å². The molecule has 0 heterocycles. The van der Waals surface area contributed by atoms with Gasteiger partial charge in [-0.05, 0) is 4.11 Å². The van der Waals surface area contributed by atoms with Crippen LogP contribution in [0.2, 0.25) is 0 Å². The topological polar surface area (TPSA) is 60.4 Å². The summed E-state index contributed by atoms with van der Waals surface area (Å²) in [6, 6.07) is 0. The first-order valence-corrected chi connectivity index (χ1v) is 8.69. The first kappa shape index (κ1) is 30.1. The second-order valence-corrected chi connectivity index (χ2v) is 8.09. The zero-order valence-electron chi connectivity index (χ0n) is 15.0. The third-order valence-corrected chi connectivity index (χ3v) is 5.72. The molecule has 0 spiro atoms. The van der Waals surface area contributed by atoms with Gasteiger partial charge in [0.25, 0.3) is 0 Å². The molecule has 0 aliphatic rings. The summed E-state index contributed by atoms with van der Waals surface area (Å²) in [6.07, 6.45) is -7.34. The second-order valence-electron chi connectivity index (χ2n) is 5.87. The molecule has 0 saturated heterocycles. The molecule has 0 fully saturated rings. The van der Waals surface area contributed by atoms with Crippen molar-refractivity contribution in [3.8, 4) is 0 Å². The lowest BCUT2D eigenvalue weighted by Crippen LogP contribution is -2.72.